The number of hydrogen-bond donors (Lipinski definition) is 1. The molecule has 4 rings (SSSR count). The van der Waals surface area contributed by atoms with Gasteiger partial charge < -0.3 is 4.74 Å². The number of nitrogens with one attached hydrogen (secondary N) is 1. The smallest absolute Gasteiger partial charge is 0.344 e. The Hall–Kier alpha value is -1.83. The number of fused-ring (bicyclic) bond motifs is 1. The van der Waals surface area contributed by atoms with Crippen LogP contribution in [0.1, 0.15) is 29.5 Å². The number of aromatic amines is 1. The normalized spacial score (nSPS) is 17.1. The van der Waals surface area contributed by atoms with E-state index in [9.17, 15) is 4.79 Å². The summed E-state index contributed by atoms with van der Waals surface area (Å²) in [6, 6.07) is 6.23. The topological polar surface area (TPSA) is 72.8 Å². The fraction of sp³-hybridized carbons (Fsp3) is 0.421. The minimum atomic E-state index is -0.207. The molecule has 1 aromatic carbocycles. The summed E-state index contributed by atoms with van der Waals surface area (Å²) >= 11 is 7.91. The van der Waals surface area contributed by atoms with Crippen molar-refractivity contribution in [2.45, 2.75) is 50.2 Å². The second kappa shape index (κ2) is 7.66. The Morgan fingerprint density at radius 3 is 3.04 bits per heavy atom. The molecule has 1 aliphatic rings. The lowest BCUT2D eigenvalue weighted by Crippen LogP contribution is -2.24. The minimum absolute atomic E-state index is 0.0804. The molecule has 1 aliphatic heterocycles. The van der Waals surface area contributed by atoms with Gasteiger partial charge in [0.2, 0.25) is 0 Å². The molecule has 0 spiro atoms. The predicted molar refractivity (Wildman–Crippen MR) is 108 cm³/mol. The largest absolute Gasteiger partial charge is 0.376 e. The van der Waals surface area contributed by atoms with E-state index in [4.69, 9.17) is 16.3 Å². The van der Waals surface area contributed by atoms with Crippen LogP contribution in [0.15, 0.2) is 28.2 Å². The van der Waals surface area contributed by atoms with E-state index >= 15 is 0 Å². The lowest BCUT2D eigenvalue weighted by Gasteiger charge is -2.12. The van der Waals surface area contributed by atoms with Crippen molar-refractivity contribution in [3.05, 3.63) is 50.5 Å². The first-order valence-electron chi connectivity index (χ1n) is 8.98. The highest BCUT2D eigenvalue weighted by Crippen LogP contribution is 2.29. The number of halogens is 1. The molecule has 8 heteroatoms. The Labute approximate surface area is 166 Å². The van der Waals surface area contributed by atoms with Crippen LogP contribution in [0.4, 0.5) is 0 Å². The van der Waals surface area contributed by atoms with Crippen LogP contribution in [-0.2, 0) is 17.0 Å². The van der Waals surface area contributed by atoms with Gasteiger partial charge in [-0.25, -0.2) is 14.9 Å². The van der Waals surface area contributed by atoms with Crippen LogP contribution >= 0.6 is 23.4 Å². The minimum Gasteiger partial charge on any atom is -0.376 e. The van der Waals surface area contributed by atoms with Crippen molar-refractivity contribution in [1.29, 1.82) is 0 Å². The molecule has 0 amide bonds. The Balaban J connectivity index is 1.56. The SMILES string of the molecule is Cc1ccc2cc(CSc3n[nH]c(=O)n3C[C@H]3CCCO3)c(Cl)nc2c1C. The van der Waals surface area contributed by atoms with E-state index in [1.165, 1.54) is 17.3 Å². The third-order valence-electron chi connectivity index (χ3n) is 5.03. The molecule has 0 radical (unpaired) electrons. The number of rotatable bonds is 5. The third kappa shape index (κ3) is 3.77. The third-order valence-corrected chi connectivity index (χ3v) is 6.38. The molecule has 3 heterocycles. The zero-order chi connectivity index (χ0) is 19.0. The van der Waals surface area contributed by atoms with E-state index in [0.717, 1.165) is 41.5 Å². The average molecular weight is 405 g/mol. The van der Waals surface area contributed by atoms with Crippen LogP contribution in [0, 0.1) is 13.8 Å². The molecule has 1 atom stereocenters. The molecule has 0 bridgehead atoms. The monoisotopic (exact) mass is 404 g/mol. The van der Waals surface area contributed by atoms with E-state index < -0.39 is 0 Å². The van der Waals surface area contributed by atoms with E-state index in [0.29, 0.717) is 22.6 Å². The summed E-state index contributed by atoms with van der Waals surface area (Å²) in [6.07, 6.45) is 2.09. The van der Waals surface area contributed by atoms with Crippen LogP contribution in [0.3, 0.4) is 0 Å². The Morgan fingerprint density at radius 1 is 1.41 bits per heavy atom. The van der Waals surface area contributed by atoms with Gasteiger partial charge in [0, 0.05) is 23.3 Å². The van der Waals surface area contributed by atoms with E-state index in [1.54, 1.807) is 4.57 Å². The van der Waals surface area contributed by atoms with Crippen molar-refractivity contribution in [1.82, 2.24) is 19.7 Å². The first kappa shape index (κ1) is 18.5. The van der Waals surface area contributed by atoms with Gasteiger partial charge in [-0.3, -0.25) is 4.57 Å². The van der Waals surface area contributed by atoms with Gasteiger partial charge in [0.15, 0.2) is 5.16 Å². The standard InChI is InChI=1S/C19H21ClN4O2S/c1-11-5-6-13-8-14(17(20)21-16(13)12(11)2)10-27-19-23-22-18(25)24(19)9-15-4-3-7-26-15/h5-6,8,15H,3-4,7,9-10H2,1-2H3,(H,22,25)/t15-/m1/s1. The van der Waals surface area contributed by atoms with Gasteiger partial charge in [0.25, 0.3) is 0 Å². The number of aryl methyl sites for hydroxylation is 2. The fourth-order valence-corrected chi connectivity index (χ4v) is 4.53. The molecule has 27 heavy (non-hydrogen) atoms. The van der Waals surface area contributed by atoms with E-state index in [1.807, 2.05) is 0 Å². The number of ether oxygens (including phenoxy) is 1. The maximum Gasteiger partial charge on any atom is 0.344 e. The van der Waals surface area contributed by atoms with Crippen LogP contribution in [-0.4, -0.2) is 32.5 Å². The van der Waals surface area contributed by atoms with Crippen LogP contribution in [0.2, 0.25) is 5.15 Å². The zero-order valence-electron chi connectivity index (χ0n) is 15.3. The maximum absolute atomic E-state index is 12.1. The van der Waals surface area contributed by atoms with Crippen molar-refractivity contribution in [2.24, 2.45) is 0 Å². The molecule has 0 aliphatic carbocycles. The van der Waals surface area contributed by atoms with E-state index in [2.05, 4.69) is 47.2 Å². The Kier molecular flexibility index (Phi) is 5.25. The molecule has 2 aromatic heterocycles. The zero-order valence-corrected chi connectivity index (χ0v) is 16.9. The van der Waals surface area contributed by atoms with Gasteiger partial charge in [0.05, 0.1) is 18.2 Å². The highest BCUT2D eigenvalue weighted by molar-refractivity contribution is 7.98. The highest BCUT2D eigenvalue weighted by atomic mass is 35.5. The molecule has 0 saturated carbocycles. The molecule has 0 unspecified atom stereocenters. The number of aromatic nitrogens is 4. The summed E-state index contributed by atoms with van der Waals surface area (Å²) in [5.41, 5.74) is 4.00. The summed E-state index contributed by atoms with van der Waals surface area (Å²) in [7, 11) is 0. The summed E-state index contributed by atoms with van der Waals surface area (Å²) in [4.78, 5) is 16.7. The van der Waals surface area contributed by atoms with Gasteiger partial charge >= 0.3 is 5.69 Å². The van der Waals surface area contributed by atoms with Crippen LogP contribution < -0.4 is 5.69 Å². The van der Waals surface area contributed by atoms with Crippen LogP contribution in [0.25, 0.3) is 10.9 Å². The Bertz CT molecular complexity index is 1040. The molecule has 3 aromatic rings. The number of nitrogens with zero attached hydrogens (tertiary/aromatic N) is 3. The van der Waals surface area contributed by atoms with Crippen molar-refractivity contribution in [3.8, 4) is 0 Å². The predicted octanol–water partition coefficient (Wildman–Crippen LogP) is 3.86. The van der Waals surface area contributed by atoms with Gasteiger partial charge in [0.1, 0.15) is 5.15 Å². The molecule has 1 N–H and O–H groups in total. The molecule has 142 valence electrons. The molecular weight excluding hydrogens is 384 g/mol. The van der Waals surface area contributed by atoms with Gasteiger partial charge in [-0.1, -0.05) is 35.5 Å². The quantitative estimate of drug-likeness (QED) is 0.516. The number of thioether (sulfide) groups is 1. The van der Waals surface area contributed by atoms with Gasteiger partial charge in [-0.05, 0) is 43.9 Å². The number of benzene rings is 1. The molecule has 1 fully saturated rings. The van der Waals surface area contributed by atoms with Crippen molar-refractivity contribution < 1.29 is 4.74 Å². The lowest BCUT2D eigenvalue weighted by molar-refractivity contribution is 0.0941. The average Bonchev–Trinajstić information content (AvgIpc) is 3.29. The molecule has 6 nitrogen and oxygen atoms in total. The first-order valence-corrected chi connectivity index (χ1v) is 10.3. The lowest BCUT2D eigenvalue weighted by atomic mass is 10.0. The number of pyridine rings is 1. The van der Waals surface area contributed by atoms with E-state index in [-0.39, 0.29) is 11.8 Å². The summed E-state index contributed by atoms with van der Waals surface area (Å²) < 4.78 is 7.29. The number of hydrogen-bond acceptors (Lipinski definition) is 5. The maximum atomic E-state index is 12.1. The van der Waals surface area contributed by atoms with Crippen molar-refractivity contribution in [2.75, 3.05) is 6.61 Å². The molecule has 1 saturated heterocycles. The Morgan fingerprint density at radius 2 is 2.26 bits per heavy atom. The van der Waals surface area contributed by atoms with Gasteiger partial charge in [-0.2, -0.15) is 0 Å². The number of H-pyrrole nitrogens is 1. The first-order chi connectivity index (χ1) is 13.0. The second-order valence-electron chi connectivity index (χ2n) is 6.86. The summed E-state index contributed by atoms with van der Waals surface area (Å²) in [5, 5.41) is 8.90. The summed E-state index contributed by atoms with van der Waals surface area (Å²) in [6.45, 7) is 5.42. The fourth-order valence-electron chi connectivity index (χ4n) is 3.31. The van der Waals surface area contributed by atoms with Crippen molar-refractivity contribution >= 4 is 34.3 Å². The highest BCUT2D eigenvalue weighted by Gasteiger charge is 2.20. The summed E-state index contributed by atoms with van der Waals surface area (Å²) in [5.74, 6) is 0.588. The van der Waals surface area contributed by atoms with Gasteiger partial charge in [-0.15, -0.1) is 5.10 Å². The molecular formula is C19H21ClN4O2S. The van der Waals surface area contributed by atoms with Crippen LogP contribution in [0.5, 0.6) is 0 Å². The second-order valence-corrected chi connectivity index (χ2v) is 8.16. The van der Waals surface area contributed by atoms with Crippen molar-refractivity contribution in [3.63, 3.8) is 0 Å².